The Morgan fingerprint density at radius 3 is 2.41 bits per heavy atom. The van der Waals surface area contributed by atoms with Gasteiger partial charge in [-0.2, -0.15) is 0 Å². The number of amides is 5. The van der Waals surface area contributed by atoms with E-state index in [1.54, 1.807) is 36.8 Å². The van der Waals surface area contributed by atoms with E-state index < -0.39 is 11.9 Å². The number of aromatic nitrogens is 2. The number of imide groups is 1. The molecule has 3 fully saturated rings. The Morgan fingerprint density at radius 2 is 1.66 bits per heavy atom. The molecule has 2 aromatic heterocycles. The minimum Gasteiger partial charge on any atom is -0.354 e. The van der Waals surface area contributed by atoms with Gasteiger partial charge in [-0.15, -0.1) is 0 Å². The monoisotopic (exact) mass is 790 g/mol. The number of likely N-dealkylation sites (tertiary alicyclic amines) is 1. The number of aryl methyl sites for hydroxylation is 1. The van der Waals surface area contributed by atoms with E-state index in [9.17, 15) is 24.0 Å². The standard InChI is InChI=1S/C45H58N8O5/c54-41(18-14-36-12-8-22-46-32-36)47-23-5-4-9-34-20-25-53(26-21-34)45(58)38-15-17-40(48-33-38)52-29-27-51(28-30-52)24-6-2-1-3-10-35-11-7-13-37(31-35)43(56)49-39-16-19-42(55)50-44(39)57/h7-8,11-15,17-18,22,31-34,39H,1-6,9-10,16,19-21,23-30H2,(H,47,54)(H,49,56)(H,50,55,57)/b18-14+. The van der Waals surface area contributed by atoms with Gasteiger partial charge in [0.2, 0.25) is 17.7 Å². The zero-order valence-corrected chi connectivity index (χ0v) is 33.6. The van der Waals surface area contributed by atoms with Gasteiger partial charge in [-0.1, -0.05) is 43.9 Å². The molecule has 1 aromatic carbocycles. The van der Waals surface area contributed by atoms with Gasteiger partial charge in [-0.25, -0.2) is 4.98 Å². The molecule has 3 aliphatic rings. The van der Waals surface area contributed by atoms with E-state index >= 15 is 0 Å². The van der Waals surface area contributed by atoms with E-state index in [1.807, 2.05) is 47.4 Å². The van der Waals surface area contributed by atoms with Crippen molar-refractivity contribution in [2.45, 2.75) is 83.1 Å². The van der Waals surface area contributed by atoms with Gasteiger partial charge in [0.1, 0.15) is 11.9 Å². The zero-order valence-electron chi connectivity index (χ0n) is 33.6. The Hall–Kier alpha value is -5.43. The average molecular weight is 791 g/mol. The van der Waals surface area contributed by atoms with Crippen LogP contribution in [-0.4, -0.2) is 108 Å². The lowest BCUT2D eigenvalue weighted by Gasteiger charge is -2.35. The highest BCUT2D eigenvalue weighted by Crippen LogP contribution is 2.24. The average Bonchev–Trinajstić information content (AvgIpc) is 3.25. The molecular formula is C45H58N8O5. The minimum absolute atomic E-state index is 0.0623. The first kappa shape index (κ1) is 42.2. The number of benzene rings is 1. The summed E-state index contributed by atoms with van der Waals surface area (Å²) in [6, 6.07) is 14.6. The number of piperidine rings is 2. The van der Waals surface area contributed by atoms with Crippen molar-refractivity contribution in [1.29, 1.82) is 0 Å². The molecule has 6 rings (SSSR count). The lowest BCUT2D eigenvalue weighted by Crippen LogP contribution is -2.52. The third kappa shape index (κ3) is 13.1. The lowest BCUT2D eigenvalue weighted by molar-refractivity contribution is -0.134. The maximum Gasteiger partial charge on any atom is 0.255 e. The summed E-state index contributed by atoms with van der Waals surface area (Å²) in [6.45, 7) is 7.09. The van der Waals surface area contributed by atoms with Gasteiger partial charge in [-0.05, 0) is 105 Å². The fourth-order valence-corrected chi connectivity index (χ4v) is 7.94. The van der Waals surface area contributed by atoms with E-state index in [4.69, 9.17) is 4.98 Å². The molecule has 3 aromatic rings. The molecule has 0 radical (unpaired) electrons. The number of pyridine rings is 2. The second-order valence-electron chi connectivity index (χ2n) is 15.7. The second kappa shape index (κ2) is 21.9. The minimum atomic E-state index is -0.678. The normalized spacial score (nSPS) is 18.0. The first-order valence-corrected chi connectivity index (χ1v) is 21.1. The Labute approximate surface area is 342 Å². The highest BCUT2D eigenvalue weighted by atomic mass is 16.2. The predicted octanol–water partition coefficient (Wildman–Crippen LogP) is 4.79. The quantitative estimate of drug-likeness (QED) is 0.0937. The van der Waals surface area contributed by atoms with Crippen molar-refractivity contribution in [2.24, 2.45) is 5.92 Å². The van der Waals surface area contributed by atoms with E-state index in [-0.39, 0.29) is 30.0 Å². The smallest absolute Gasteiger partial charge is 0.255 e. The molecule has 1 atom stereocenters. The number of piperazine rings is 1. The third-order valence-electron chi connectivity index (χ3n) is 11.5. The highest BCUT2D eigenvalue weighted by molar-refractivity contribution is 6.03. The fraction of sp³-hybridized carbons (Fsp3) is 0.489. The molecule has 13 nitrogen and oxygen atoms in total. The number of nitrogens with one attached hydrogen (secondary N) is 3. The van der Waals surface area contributed by atoms with Gasteiger partial charge < -0.3 is 20.4 Å². The molecule has 58 heavy (non-hydrogen) atoms. The molecule has 0 bridgehead atoms. The van der Waals surface area contributed by atoms with Crippen LogP contribution in [0.15, 0.2) is 73.2 Å². The highest BCUT2D eigenvalue weighted by Gasteiger charge is 2.28. The van der Waals surface area contributed by atoms with E-state index in [0.717, 1.165) is 127 Å². The van der Waals surface area contributed by atoms with Gasteiger partial charge in [0.15, 0.2) is 0 Å². The number of hydrogen-bond donors (Lipinski definition) is 3. The van der Waals surface area contributed by atoms with Gasteiger partial charge in [0, 0.05) is 82.5 Å². The SMILES string of the molecule is O=C(/C=C/c1cccnc1)NCCCCC1CCN(C(=O)c2ccc(N3CCN(CCCCCCc4cccc(C(=O)NC5CCC(=O)NC5=O)c4)CC3)nc2)CC1. The van der Waals surface area contributed by atoms with E-state index in [1.165, 1.54) is 0 Å². The van der Waals surface area contributed by atoms with Crippen LogP contribution >= 0.6 is 0 Å². The Morgan fingerprint density at radius 1 is 0.828 bits per heavy atom. The molecule has 3 saturated heterocycles. The molecule has 5 amide bonds. The van der Waals surface area contributed by atoms with Crippen molar-refractivity contribution in [3.05, 3.63) is 95.5 Å². The summed E-state index contributed by atoms with van der Waals surface area (Å²) >= 11 is 0. The van der Waals surface area contributed by atoms with Crippen LogP contribution < -0.4 is 20.9 Å². The number of nitrogens with zero attached hydrogens (tertiary/aromatic N) is 5. The molecule has 3 aliphatic heterocycles. The van der Waals surface area contributed by atoms with Crippen molar-refractivity contribution in [2.75, 3.05) is 57.3 Å². The molecule has 5 heterocycles. The molecular weight excluding hydrogens is 733 g/mol. The summed E-state index contributed by atoms with van der Waals surface area (Å²) in [7, 11) is 0. The van der Waals surface area contributed by atoms with Crippen LogP contribution in [0.2, 0.25) is 0 Å². The van der Waals surface area contributed by atoms with Gasteiger partial charge in [0.25, 0.3) is 11.8 Å². The molecule has 3 N–H and O–H groups in total. The number of anilines is 1. The van der Waals surface area contributed by atoms with Gasteiger partial charge in [0.05, 0.1) is 5.56 Å². The number of hydrogen-bond acceptors (Lipinski definition) is 9. The summed E-state index contributed by atoms with van der Waals surface area (Å²) in [5, 5.41) is 7.99. The van der Waals surface area contributed by atoms with Crippen LogP contribution in [-0.2, 0) is 20.8 Å². The maximum atomic E-state index is 13.3. The maximum absolute atomic E-state index is 13.3. The number of rotatable bonds is 18. The van der Waals surface area contributed by atoms with E-state index in [0.29, 0.717) is 30.0 Å². The Bertz CT molecular complexity index is 1850. The summed E-state index contributed by atoms with van der Waals surface area (Å²) in [4.78, 5) is 77.0. The van der Waals surface area contributed by atoms with Gasteiger partial charge in [-0.3, -0.25) is 39.2 Å². The number of carbonyl (C=O) groups is 5. The van der Waals surface area contributed by atoms with Crippen LogP contribution in [0.1, 0.15) is 102 Å². The Balaban J connectivity index is 0.796. The third-order valence-corrected chi connectivity index (χ3v) is 11.5. The molecule has 0 spiro atoms. The predicted molar refractivity (Wildman–Crippen MR) is 224 cm³/mol. The first-order chi connectivity index (χ1) is 28.3. The molecule has 308 valence electrons. The van der Waals surface area contributed by atoms with Crippen molar-refractivity contribution >= 4 is 41.4 Å². The molecule has 0 saturated carbocycles. The van der Waals surface area contributed by atoms with Crippen LogP contribution in [0.5, 0.6) is 0 Å². The number of carbonyl (C=O) groups excluding carboxylic acids is 5. The number of unbranched alkanes of at least 4 members (excludes halogenated alkanes) is 4. The van der Waals surface area contributed by atoms with Crippen LogP contribution in [0.25, 0.3) is 6.08 Å². The van der Waals surface area contributed by atoms with Crippen LogP contribution in [0.4, 0.5) is 5.82 Å². The van der Waals surface area contributed by atoms with Gasteiger partial charge >= 0.3 is 0 Å². The largest absolute Gasteiger partial charge is 0.354 e. The molecule has 0 aliphatic carbocycles. The van der Waals surface area contributed by atoms with Crippen molar-refractivity contribution < 1.29 is 24.0 Å². The topological polar surface area (TPSA) is 157 Å². The summed E-state index contributed by atoms with van der Waals surface area (Å²) in [5.41, 5.74) is 3.19. The van der Waals surface area contributed by atoms with Crippen LogP contribution in [0.3, 0.4) is 0 Å². The van der Waals surface area contributed by atoms with E-state index in [2.05, 4.69) is 30.7 Å². The zero-order chi connectivity index (χ0) is 40.5. The fourth-order valence-electron chi connectivity index (χ4n) is 7.94. The van der Waals surface area contributed by atoms with Crippen molar-refractivity contribution in [1.82, 2.24) is 35.7 Å². The van der Waals surface area contributed by atoms with Crippen molar-refractivity contribution in [3.8, 4) is 0 Å². The van der Waals surface area contributed by atoms with Crippen LogP contribution in [0, 0.1) is 5.92 Å². The summed E-state index contributed by atoms with van der Waals surface area (Å²) in [6.07, 6.45) is 19.5. The lowest BCUT2D eigenvalue weighted by atomic mass is 9.91. The summed E-state index contributed by atoms with van der Waals surface area (Å²) in [5.74, 6) is 0.468. The second-order valence-corrected chi connectivity index (χ2v) is 15.7. The summed E-state index contributed by atoms with van der Waals surface area (Å²) < 4.78 is 0. The molecule has 13 heteroatoms. The first-order valence-electron chi connectivity index (χ1n) is 21.1. The molecule has 1 unspecified atom stereocenters. The van der Waals surface area contributed by atoms with Crippen molar-refractivity contribution in [3.63, 3.8) is 0 Å². The Kier molecular flexibility index (Phi) is 15.9.